The van der Waals surface area contributed by atoms with Gasteiger partial charge < -0.3 is 23.8 Å². The summed E-state index contributed by atoms with van der Waals surface area (Å²) in [6.45, 7) is 11.8. The molecule has 2 aromatic heterocycles. The molecule has 4 heterocycles. The average molecular weight is 633 g/mol. The lowest BCUT2D eigenvalue weighted by molar-refractivity contribution is -0.116. The lowest BCUT2D eigenvalue weighted by Crippen LogP contribution is -2.49. The monoisotopic (exact) mass is 632 g/mol. The van der Waals surface area contributed by atoms with Gasteiger partial charge in [0.25, 0.3) is 5.91 Å². The van der Waals surface area contributed by atoms with Gasteiger partial charge in [-0.1, -0.05) is 12.1 Å². The van der Waals surface area contributed by atoms with Gasteiger partial charge in [-0.15, -0.1) is 11.3 Å². The number of carbonyl (C=O) groups is 2. The summed E-state index contributed by atoms with van der Waals surface area (Å²) in [5.74, 6) is 0.0968. The standard InChI is InChI=1S/C34H40N4O6S/c1-21-20-43-30-29-24-10-11-25(22-8-7-9-23(18-22)37-16-14-36(15-17-37)19-28(41-5)42-6)35-26(24)12-13-27(29)45-31(30)32(39)38(21)33(40)44-34(2,3)4/h7-13,18,21,28H,14-17,19-20H2,1-6H3/t21-/m1/s1. The predicted octanol–water partition coefficient (Wildman–Crippen LogP) is 6.02. The highest BCUT2D eigenvalue weighted by Gasteiger charge is 2.38. The van der Waals surface area contributed by atoms with Gasteiger partial charge in [-0.05, 0) is 64.1 Å². The number of piperazine rings is 1. The molecular formula is C34H40N4O6S. The number of methoxy groups -OCH3 is 2. The van der Waals surface area contributed by atoms with E-state index in [4.69, 9.17) is 23.9 Å². The molecule has 1 atom stereocenters. The van der Waals surface area contributed by atoms with Crippen molar-refractivity contribution in [3.05, 3.63) is 53.4 Å². The Morgan fingerprint density at radius 1 is 1.07 bits per heavy atom. The Labute approximate surface area is 267 Å². The Bertz CT molecular complexity index is 1720. The number of rotatable bonds is 6. The molecule has 238 valence electrons. The van der Waals surface area contributed by atoms with E-state index in [1.165, 1.54) is 21.9 Å². The van der Waals surface area contributed by atoms with Gasteiger partial charge in [0.1, 0.15) is 17.1 Å². The molecule has 10 nitrogen and oxygen atoms in total. The van der Waals surface area contributed by atoms with Crippen molar-refractivity contribution in [3.63, 3.8) is 0 Å². The molecule has 0 bridgehead atoms. The largest absolute Gasteiger partial charge is 0.489 e. The van der Waals surface area contributed by atoms with Crippen LogP contribution < -0.4 is 9.64 Å². The molecule has 0 saturated carbocycles. The molecule has 0 unspecified atom stereocenters. The second kappa shape index (κ2) is 12.6. The molecule has 0 spiro atoms. The smallest absolute Gasteiger partial charge is 0.417 e. The molecule has 11 heteroatoms. The van der Waals surface area contributed by atoms with E-state index in [1.54, 1.807) is 41.9 Å². The van der Waals surface area contributed by atoms with E-state index in [9.17, 15) is 9.59 Å². The third-order valence-corrected chi connectivity index (χ3v) is 9.33. The number of carbonyl (C=O) groups excluding carboxylic acids is 2. The van der Waals surface area contributed by atoms with E-state index >= 15 is 0 Å². The maximum Gasteiger partial charge on any atom is 0.417 e. The summed E-state index contributed by atoms with van der Waals surface area (Å²) in [7, 11) is 3.34. The average Bonchev–Trinajstić information content (AvgIpc) is 3.35. The lowest BCUT2D eigenvalue weighted by Gasteiger charge is -2.37. The fraction of sp³-hybridized carbons (Fsp3) is 0.441. The number of hydrogen-bond donors (Lipinski definition) is 0. The van der Waals surface area contributed by atoms with Crippen molar-refractivity contribution in [2.45, 2.75) is 45.6 Å². The molecule has 45 heavy (non-hydrogen) atoms. The highest BCUT2D eigenvalue weighted by molar-refractivity contribution is 7.21. The Kier molecular flexibility index (Phi) is 8.71. The van der Waals surface area contributed by atoms with E-state index in [2.05, 4.69) is 34.1 Å². The van der Waals surface area contributed by atoms with Gasteiger partial charge in [0.15, 0.2) is 12.0 Å². The molecule has 1 saturated heterocycles. The molecule has 0 radical (unpaired) electrons. The summed E-state index contributed by atoms with van der Waals surface area (Å²) in [5.41, 5.74) is 3.15. The summed E-state index contributed by atoms with van der Waals surface area (Å²) >= 11 is 1.33. The van der Waals surface area contributed by atoms with Crippen LogP contribution in [0.5, 0.6) is 5.75 Å². The summed E-state index contributed by atoms with van der Waals surface area (Å²) in [5, 5.41) is 1.74. The zero-order valence-electron chi connectivity index (χ0n) is 26.7. The first kappa shape index (κ1) is 31.2. The van der Waals surface area contributed by atoms with Gasteiger partial charge in [-0.25, -0.2) is 14.7 Å². The predicted molar refractivity (Wildman–Crippen MR) is 176 cm³/mol. The number of imide groups is 1. The molecule has 2 aromatic carbocycles. The van der Waals surface area contributed by atoms with Crippen molar-refractivity contribution in [3.8, 4) is 17.0 Å². The van der Waals surface area contributed by atoms with E-state index in [0.29, 0.717) is 10.6 Å². The van der Waals surface area contributed by atoms with Crippen LogP contribution in [0.3, 0.4) is 0 Å². The van der Waals surface area contributed by atoms with Crippen LogP contribution >= 0.6 is 11.3 Å². The van der Waals surface area contributed by atoms with Crippen LogP contribution in [0.15, 0.2) is 48.5 Å². The highest BCUT2D eigenvalue weighted by Crippen LogP contribution is 2.44. The van der Waals surface area contributed by atoms with Crippen LogP contribution in [0.2, 0.25) is 0 Å². The van der Waals surface area contributed by atoms with Crippen molar-refractivity contribution in [1.82, 2.24) is 14.8 Å². The van der Waals surface area contributed by atoms with E-state index in [0.717, 1.165) is 65.0 Å². The van der Waals surface area contributed by atoms with Crippen molar-refractivity contribution >= 4 is 50.0 Å². The zero-order valence-corrected chi connectivity index (χ0v) is 27.5. The summed E-state index contributed by atoms with van der Waals surface area (Å²) < 4.78 is 23.4. The van der Waals surface area contributed by atoms with Crippen molar-refractivity contribution in [2.24, 2.45) is 0 Å². The second-order valence-electron chi connectivity index (χ2n) is 12.5. The normalized spacial score (nSPS) is 17.9. The molecule has 6 rings (SSSR count). The molecular weight excluding hydrogens is 592 g/mol. The van der Waals surface area contributed by atoms with Gasteiger partial charge in [-0.3, -0.25) is 9.69 Å². The molecule has 2 amide bonds. The van der Waals surface area contributed by atoms with E-state index in [-0.39, 0.29) is 12.9 Å². The number of aromatic nitrogens is 1. The van der Waals surface area contributed by atoms with Gasteiger partial charge in [0, 0.05) is 73.7 Å². The topological polar surface area (TPSA) is 93.7 Å². The number of thiophene rings is 1. The second-order valence-corrected chi connectivity index (χ2v) is 13.6. The number of ether oxygens (including phenoxy) is 4. The Morgan fingerprint density at radius 2 is 1.82 bits per heavy atom. The molecule has 0 N–H and O–H groups in total. The maximum absolute atomic E-state index is 13.7. The first-order valence-electron chi connectivity index (χ1n) is 15.2. The number of fused-ring (bicyclic) bond motifs is 5. The fourth-order valence-electron chi connectivity index (χ4n) is 5.88. The molecule has 0 aliphatic carbocycles. The summed E-state index contributed by atoms with van der Waals surface area (Å²) in [4.78, 5) is 38.1. The van der Waals surface area contributed by atoms with Crippen LogP contribution in [-0.4, -0.2) is 98.3 Å². The van der Waals surface area contributed by atoms with Gasteiger partial charge in [-0.2, -0.15) is 0 Å². The Morgan fingerprint density at radius 3 is 2.53 bits per heavy atom. The summed E-state index contributed by atoms with van der Waals surface area (Å²) in [6, 6.07) is 16.0. The van der Waals surface area contributed by atoms with Crippen LogP contribution in [-0.2, 0) is 14.2 Å². The van der Waals surface area contributed by atoms with Crippen LogP contribution in [0, 0.1) is 0 Å². The Hall–Kier alpha value is -3.77. The number of hydrogen-bond acceptors (Lipinski definition) is 10. The summed E-state index contributed by atoms with van der Waals surface area (Å²) in [6.07, 6.45) is -0.883. The molecule has 4 aromatic rings. The van der Waals surface area contributed by atoms with Crippen LogP contribution in [0.1, 0.15) is 37.4 Å². The number of amides is 2. The first-order valence-corrected chi connectivity index (χ1v) is 16.1. The number of pyridine rings is 1. The molecule has 2 aliphatic heterocycles. The lowest BCUT2D eigenvalue weighted by atomic mass is 10.1. The zero-order chi connectivity index (χ0) is 31.9. The number of benzene rings is 2. The van der Waals surface area contributed by atoms with Crippen molar-refractivity contribution in [2.75, 3.05) is 58.5 Å². The van der Waals surface area contributed by atoms with Crippen LogP contribution in [0.4, 0.5) is 10.5 Å². The fourth-order valence-corrected chi connectivity index (χ4v) is 6.98. The number of anilines is 1. The Balaban J connectivity index is 1.27. The van der Waals surface area contributed by atoms with Crippen molar-refractivity contribution in [1.29, 1.82) is 0 Å². The van der Waals surface area contributed by atoms with Crippen molar-refractivity contribution < 1.29 is 28.5 Å². The van der Waals surface area contributed by atoms with Gasteiger partial charge >= 0.3 is 6.09 Å². The number of nitrogens with zero attached hydrogens (tertiary/aromatic N) is 4. The third kappa shape index (κ3) is 6.35. The highest BCUT2D eigenvalue weighted by atomic mass is 32.1. The minimum absolute atomic E-state index is 0.173. The quantitative estimate of drug-likeness (QED) is 0.237. The molecule has 2 aliphatic rings. The first-order chi connectivity index (χ1) is 21.6. The van der Waals surface area contributed by atoms with E-state index < -0.39 is 23.6 Å². The van der Waals surface area contributed by atoms with Crippen LogP contribution in [0.25, 0.3) is 32.2 Å². The minimum Gasteiger partial charge on any atom is -0.489 e. The molecule has 1 fully saturated rings. The van der Waals surface area contributed by atoms with Gasteiger partial charge in [0.05, 0.1) is 17.3 Å². The van der Waals surface area contributed by atoms with E-state index in [1.807, 2.05) is 24.3 Å². The minimum atomic E-state index is -0.723. The third-order valence-electron chi connectivity index (χ3n) is 8.20. The SMILES string of the molecule is COC(CN1CCN(c2cccc(-c3ccc4c(ccc5sc6c(c54)OC[C@@H](C)N(C(=O)OC(C)(C)C)C6=O)n3)c2)CC1)OC. The maximum atomic E-state index is 13.7. The van der Waals surface area contributed by atoms with Gasteiger partial charge in [0.2, 0.25) is 0 Å².